The van der Waals surface area contributed by atoms with Gasteiger partial charge in [-0.3, -0.25) is 0 Å². The third kappa shape index (κ3) is 3.10. The SMILES string of the molecule is O=S(=O)(c1ccccc1)N1CCC(c2nnc(-c3ccoc3)o2)CC1. The van der Waals surface area contributed by atoms with E-state index in [0.717, 1.165) is 5.56 Å². The van der Waals surface area contributed by atoms with E-state index >= 15 is 0 Å². The predicted octanol–water partition coefficient (Wildman–Crippen LogP) is 2.90. The van der Waals surface area contributed by atoms with Gasteiger partial charge in [0.05, 0.1) is 16.7 Å². The summed E-state index contributed by atoms with van der Waals surface area (Å²) in [5.41, 5.74) is 0.739. The average molecular weight is 359 g/mol. The summed E-state index contributed by atoms with van der Waals surface area (Å²) in [4.78, 5) is 0.327. The van der Waals surface area contributed by atoms with Crippen LogP contribution in [0.3, 0.4) is 0 Å². The second-order valence-electron chi connectivity index (χ2n) is 5.95. The number of nitrogens with zero attached hydrogens (tertiary/aromatic N) is 3. The summed E-state index contributed by atoms with van der Waals surface area (Å²) in [5, 5.41) is 8.16. The van der Waals surface area contributed by atoms with E-state index in [9.17, 15) is 8.42 Å². The van der Waals surface area contributed by atoms with Crippen LogP contribution in [-0.2, 0) is 10.0 Å². The zero-order valence-corrected chi connectivity index (χ0v) is 14.2. The van der Waals surface area contributed by atoms with E-state index in [1.807, 2.05) is 0 Å². The molecule has 1 saturated heterocycles. The largest absolute Gasteiger partial charge is 0.472 e. The summed E-state index contributed by atoms with van der Waals surface area (Å²) in [6.07, 6.45) is 4.40. The second kappa shape index (κ2) is 6.45. The fourth-order valence-corrected chi connectivity index (χ4v) is 4.48. The normalized spacial score (nSPS) is 17.0. The van der Waals surface area contributed by atoms with Gasteiger partial charge in [-0.15, -0.1) is 10.2 Å². The molecule has 25 heavy (non-hydrogen) atoms. The Morgan fingerprint density at radius 3 is 2.48 bits per heavy atom. The lowest BCUT2D eigenvalue weighted by Crippen LogP contribution is -2.37. The van der Waals surface area contributed by atoms with Crippen LogP contribution in [0, 0.1) is 0 Å². The van der Waals surface area contributed by atoms with E-state index in [4.69, 9.17) is 8.83 Å². The zero-order valence-electron chi connectivity index (χ0n) is 13.4. The third-order valence-corrected chi connectivity index (χ3v) is 6.31. The van der Waals surface area contributed by atoms with E-state index in [1.54, 1.807) is 48.9 Å². The Kier molecular flexibility index (Phi) is 4.14. The van der Waals surface area contributed by atoms with Crippen LogP contribution in [0.25, 0.3) is 11.5 Å². The minimum absolute atomic E-state index is 0.0652. The van der Waals surface area contributed by atoms with Gasteiger partial charge in [0.2, 0.25) is 15.9 Å². The Morgan fingerprint density at radius 1 is 1.04 bits per heavy atom. The van der Waals surface area contributed by atoms with Crippen molar-refractivity contribution in [1.29, 1.82) is 0 Å². The lowest BCUT2D eigenvalue weighted by molar-refractivity contribution is 0.291. The standard InChI is InChI=1S/C17H17N3O4S/c21-25(22,15-4-2-1-3-5-15)20-9-6-13(7-10-20)16-18-19-17(24-16)14-8-11-23-12-14/h1-5,8,11-13H,6-7,9-10H2. The van der Waals surface area contributed by atoms with Crippen molar-refractivity contribution in [3.8, 4) is 11.5 Å². The first-order chi connectivity index (χ1) is 12.1. The Bertz CT molecular complexity index is 927. The molecule has 3 heterocycles. The second-order valence-corrected chi connectivity index (χ2v) is 7.89. The molecule has 0 amide bonds. The average Bonchev–Trinajstić information content (AvgIpc) is 3.34. The monoisotopic (exact) mass is 359 g/mol. The molecule has 7 nitrogen and oxygen atoms in total. The first-order valence-electron chi connectivity index (χ1n) is 8.06. The highest BCUT2D eigenvalue weighted by Crippen LogP contribution is 2.31. The number of sulfonamides is 1. The molecular weight excluding hydrogens is 342 g/mol. The van der Waals surface area contributed by atoms with Crippen LogP contribution >= 0.6 is 0 Å². The molecule has 130 valence electrons. The van der Waals surface area contributed by atoms with Gasteiger partial charge in [-0.1, -0.05) is 18.2 Å². The maximum absolute atomic E-state index is 12.7. The molecule has 0 bridgehead atoms. The molecule has 0 saturated carbocycles. The van der Waals surface area contributed by atoms with E-state index in [0.29, 0.717) is 42.6 Å². The van der Waals surface area contributed by atoms with Gasteiger partial charge in [-0.2, -0.15) is 4.31 Å². The molecule has 4 rings (SSSR count). The van der Waals surface area contributed by atoms with Crippen LogP contribution < -0.4 is 0 Å². The van der Waals surface area contributed by atoms with Crippen LogP contribution in [0.2, 0.25) is 0 Å². The summed E-state index contributed by atoms with van der Waals surface area (Å²) in [7, 11) is -3.44. The van der Waals surface area contributed by atoms with Crippen molar-refractivity contribution in [2.24, 2.45) is 0 Å². The molecule has 0 aliphatic carbocycles. The molecular formula is C17H17N3O4S. The molecule has 3 aromatic rings. The van der Waals surface area contributed by atoms with Crippen molar-refractivity contribution in [3.05, 3.63) is 54.8 Å². The molecule has 1 aliphatic heterocycles. The van der Waals surface area contributed by atoms with Crippen LogP contribution in [0.5, 0.6) is 0 Å². The highest BCUT2D eigenvalue weighted by Gasteiger charge is 2.32. The smallest absolute Gasteiger partial charge is 0.250 e. The van der Waals surface area contributed by atoms with Gasteiger partial charge < -0.3 is 8.83 Å². The summed E-state index contributed by atoms with van der Waals surface area (Å²) >= 11 is 0. The molecule has 2 aromatic heterocycles. The minimum atomic E-state index is -3.44. The lowest BCUT2D eigenvalue weighted by Gasteiger charge is -2.29. The first kappa shape index (κ1) is 16.0. The summed E-state index contributed by atoms with van der Waals surface area (Å²) < 4.78 is 37.6. The van der Waals surface area contributed by atoms with Crippen molar-refractivity contribution in [1.82, 2.24) is 14.5 Å². The van der Waals surface area contributed by atoms with Gasteiger partial charge in [0.25, 0.3) is 5.89 Å². The van der Waals surface area contributed by atoms with Gasteiger partial charge >= 0.3 is 0 Å². The van der Waals surface area contributed by atoms with Gasteiger partial charge in [0.1, 0.15) is 6.26 Å². The molecule has 0 radical (unpaired) electrons. The quantitative estimate of drug-likeness (QED) is 0.711. The number of benzene rings is 1. The molecule has 1 aliphatic rings. The topological polar surface area (TPSA) is 89.4 Å². The van der Waals surface area contributed by atoms with E-state index in [2.05, 4.69) is 10.2 Å². The number of hydrogen-bond donors (Lipinski definition) is 0. The maximum atomic E-state index is 12.7. The fourth-order valence-electron chi connectivity index (χ4n) is 2.99. The fraction of sp³-hybridized carbons (Fsp3) is 0.294. The zero-order chi connectivity index (χ0) is 17.3. The number of hydrogen-bond acceptors (Lipinski definition) is 6. The van der Waals surface area contributed by atoms with Crippen molar-refractivity contribution in [3.63, 3.8) is 0 Å². The maximum Gasteiger partial charge on any atom is 0.250 e. The molecule has 8 heteroatoms. The summed E-state index contributed by atoms with van der Waals surface area (Å²) in [6, 6.07) is 10.3. The third-order valence-electron chi connectivity index (χ3n) is 4.39. The van der Waals surface area contributed by atoms with E-state index < -0.39 is 10.0 Å². The molecule has 1 fully saturated rings. The minimum Gasteiger partial charge on any atom is -0.472 e. The number of piperidine rings is 1. The Morgan fingerprint density at radius 2 is 1.80 bits per heavy atom. The predicted molar refractivity (Wildman–Crippen MR) is 89.2 cm³/mol. The van der Waals surface area contributed by atoms with E-state index in [1.165, 1.54) is 4.31 Å². The Balaban J connectivity index is 1.45. The van der Waals surface area contributed by atoms with Crippen LogP contribution in [0.1, 0.15) is 24.7 Å². The van der Waals surface area contributed by atoms with E-state index in [-0.39, 0.29) is 5.92 Å². The van der Waals surface area contributed by atoms with Gasteiger partial charge in [0, 0.05) is 19.0 Å². The van der Waals surface area contributed by atoms with Gasteiger partial charge in [0.15, 0.2) is 0 Å². The summed E-state index contributed by atoms with van der Waals surface area (Å²) in [6.45, 7) is 0.872. The van der Waals surface area contributed by atoms with Crippen LogP contribution in [0.15, 0.2) is 62.7 Å². The van der Waals surface area contributed by atoms with Crippen LogP contribution in [-0.4, -0.2) is 36.0 Å². The highest BCUT2D eigenvalue weighted by molar-refractivity contribution is 7.89. The number of rotatable bonds is 4. The number of aromatic nitrogens is 2. The molecule has 0 atom stereocenters. The lowest BCUT2D eigenvalue weighted by atomic mass is 9.98. The molecule has 0 N–H and O–H groups in total. The van der Waals surface area contributed by atoms with Crippen molar-refractivity contribution >= 4 is 10.0 Å². The highest BCUT2D eigenvalue weighted by atomic mass is 32.2. The van der Waals surface area contributed by atoms with Gasteiger partial charge in [-0.25, -0.2) is 8.42 Å². The number of furan rings is 1. The van der Waals surface area contributed by atoms with Crippen molar-refractivity contribution < 1.29 is 17.3 Å². The van der Waals surface area contributed by atoms with Crippen LogP contribution in [0.4, 0.5) is 0 Å². The Labute approximate surface area is 145 Å². The van der Waals surface area contributed by atoms with Crippen molar-refractivity contribution in [2.45, 2.75) is 23.7 Å². The summed E-state index contributed by atoms with van der Waals surface area (Å²) in [5.74, 6) is 1.03. The molecule has 0 unspecified atom stereocenters. The molecule has 0 spiro atoms. The van der Waals surface area contributed by atoms with Crippen molar-refractivity contribution in [2.75, 3.05) is 13.1 Å². The van der Waals surface area contributed by atoms with Gasteiger partial charge in [-0.05, 0) is 31.0 Å². The Hall–Kier alpha value is -2.45. The molecule has 1 aromatic carbocycles. The first-order valence-corrected chi connectivity index (χ1v) is 9.50.